The van der Waals surface area contributed by atoms with E-state index >= 15 is 0 Å². The summed E-state index contributed by atoms with van der Waals surface area (Å²) < 4.78 is 1.72. The molecular weight excluding hydrogens is 392 g/mol. The number of nitrogens with one attached hydrogen (secondary N) is 1. The Kier molecular flexibility index (Phi) is 6.13. The van der Waals surface area contributed by atoms with Crippen LogP contribution in [0.5, 0.6) is 0 Å². The third-order valence-corrected chi connectivity index (χ3v) is 5.55. The van der Waals surface area contributed by atoms with Gasteiger partial charge in [-0.15, -0.1) is 0 Å². The third kappa shape index (κ3) is 4.67. The molecular formula is C24H26N4O3. The normalized spacial score (nSPS) is 16.2. The molecule has 1 aliphatic rings. The summed E-state index contributed by atoms with van der Waals surface area (Å²) in [5, 5.41) is 16.7. The van der Waals surface area contributed by atoms with Crippen LogP contribution in [-0.4, -0.2) is 51.3 Å². The Morgan fingerprint density at radius 3 is 2.71 bits per heavy atom. The number of aliphatic hydroxyl groups is 1. The van der Waals surface area contributed by atoms with E-state index in [-0.39, 0.29) is 24.3 Å². The fourth-order valence-corrected chi connectivity index (χ4v) is 3.92. The number of benzene rings is 2. The third-order valence-electron chi connectivity index (χ3n) is 5.55. The molecule has 2 heterocycles. The molecule has 0 radical (unpaired) electrons. The molecule has 31 heavy (non-hydrogen) atoms. The zero-order valence-electron chi connectivity index (χ0n) is 17.5. The molecule has 2 amide bonds. The molecule has 1 saturated heterocycles. The van der Waals surface area contributed by atoms with E-state index in [0.717, 1.165) is 24.2 Å². The number of piperidine rings is 1. The van der Waals surface area contributed by atoms with Crippen molar-refractivity contribution in [3.8, 4) is 5.69 Å². The molecule has 160 valence electrons. The SMILES string of the molecule is Cc1cc(C(=O)Nc2cccc(C(=O)N3CCCC(CO)C3)c2)nn1-c1ccccc1. The van der Waals surface area contributed by atoms with Gasteiger partial charge in [-0.3, -0.25) is 9.59 Å². The molecule has 0 spiro atoms. The molecule has 1 atom stereocenters. The number of nitrogens with zero attached hydrogens (tertiary/aromatic N) is 3. The van der Waals surface area contributed by atoms with Crippen molar-refractivity contribution in [1.82, 2.24) is 14.7 Å². The summed E-state index contributed by atoms with van der Waals surface area (Å²) in [6.07, 6.45) is 1.82. The van der Waals surface area contributed by atoms with Crippen LogP contribution in [0, 0.1) is 12.8 Å². The summed E-state index contributed by atoms with van der Waals surface area (Å²) in [6, 6.07) is 18.3. The molecule has 1 aliphatic heterocycles. The molecule has 1 fully saturated rings. The van der Waals surface area contributed by atoms with Crippen LogP contribution >= 0.6 is 0 Å². The standard InChI is InChI=1S/C24H26N4O3/c1-17-13-22(26-28(17)21-10-3-2-4-11-21)23(30)25-20-9-5-8-19(14-20)24(31)27-12-6-7-18(15-27)16-29/h2-5,8-11,13-14,18,29H,6-7,12,15-16H2,1H3,(H,25,30). The second-order valence-corrected chi connectivity index (χ2v) is 7.90. The highest BCUT2D eigenvalue weighted by atomic mass is 16.3. The zero-order chi connectivity index (χ0) is 21.8. The van der Waals surface area contributed by atoms with Gasteiger partial charge in [0, 0.05) is 36.6 Å². The number of likely N-dealkylation sites (tertiary alicyclic amines) is 1. The first-order valence-corrected chi connectivity index (χ1v) is 10.5. The second-order valence-electron chi connectivity index (χ2n) is 7.90. The van der Waals surface area contributed by atoms with E-state index in [9.17, 15) is 14.7 Å². The van der Waals surface area contributed by atoms with E-state index < -0.39 is 0 Å². The van der Waals surface area contributed by atoms with E-state index in [2.05, 4.69) is 10.4 Å². The highest BCUT2D eigenvalue weighted by Crippen LogP contribution is 2.20. The Hall–Kier alpha value is -3.45. The number of carbonyl (C=O) groups excluding carboxylic acids is 2. The summed E-state index contributed by atoms with van der Waals surface area (Å²) >= 11 is 0. The van der Waals surface area contributed by atoms with Crippen molar-refractivity contribution in [2.75, 3.05) is 25.0 Å². The maximum Gasteiger partial charge on any atom is 0.276 e. The van der Waals surface area contributed by atoms with E-state index in [0.29, 0.717) is 30.0 Å². The van der Waals surface area contributed by atoms with Crippen LogP contribution in [0.4, 0.5) is 5.69 Å². The van der Waals surface area contributed by atoms with Crippen LogP contribution in [0.2, 0.25) is 0 Å². The van der Waals surface area contributed by atoms with Crippen LogP contribution in [0.1, 0.15) is 39.4 Å². The van der Waals surface area contributed by atoms with Gasteiger partial charge in [0.25, 0.3) is 11.8 Å². The Morgan fingerprint density at radius 2 is 1.94 bits per heavy atom. The van der Waals surface area contributed by atoms with Gasteiger partial charge in [0.15, 0.2) is 5.69 Å². The summed E-state index contributed by atoms with van der Waals surface area (Å²) in [4.78, 5) is 27.4. The van der Waals surface area contributed by atoms with Crippen molar-refractivity contribution >= 4 is 17.5 Å². The van der Waals surface area contributed by atoms with Crippen LogP contribution < -0.4 is 5.32 Å². The van der Waals surface area contributed by atoms with Crippen molar-refractivity contribution < 1.29 is 14.7 Å². The Bertz CT molecular complexity index is 1080. The van der Waals surface area contributed by atoms with Gasteiger partial charge in [-0.25, -0.2) is 4.68 Å². The van der Waals surface area contributed by atoms with E-state index in [1.165, 1.54) is 0 Å². The first kappa shape index (κ1) is 20.8. The Balaban J connectivity index is 1.48. The predicted molar refractivity (Wildman–Crippen MR) is 118 cm³/mol. The number of amides is 2. The number of hydrogen-bond donors (Lipinski definition) is 2. The van der Waals surface area contributed by atoms with Crippen molar-refractivity contribution in [3.05, 3.63) is 77.6 Å². The summed E-state index contributed by atoms with van der Waals surface area (Å²) in [5.74, 6) is -0.289. The predicted octanol–water partition coefficient (Wildman–Crippen LogP) is 3.28. The number of hydrogen-bond acceptors (Lipinski definition) is 4. The minimum atomic E-state index is -0.333. The van der Waals surface area contributed by atoms with Gasteiger partial charge in [0.2, 0.25) is 0 Å². The average molecular weight is 418 g/mol. The van der Waals surface area contributed by atoms with Crippen LogP contribution in [-0.2, 0) is 0 Å². The molecule has 7 nitrogen and oxygen atoms in total. The van der Waals surface area contributed by atoms with Gasteiger partial charge in [0.1, 0.15) is 0 Å². The lowest BCUT2D eigenvalue weighted by atomic mass is 9.98. The fourth-order valence-electron chi connectivity index (χ4n) is 3.92. The van der Waals surface area contributed by atoms with E-state index in [1.807, 2.05) is 37.3 Å². The molecule has 7 heteroatoms. The first-order valence-electron chi connectivity index (χ1n) is 10.5. The molecule has 4 rings (SSSR count). The molecule has 0 saturated carbocycles. The Morgan fingerprint density at radius 1 is 1.13 bits per heavy atom. The summed E-state index contributed by atoms with van der Waals surface area (Å²) in [6.45, 7) is 3.23. The largest absolute Gasteiger partial charge is 0.396 e. The number of aliphatic hydroxyl groups excluding tert-OH is 1. The highest BCUT2D eigenvalue weighted by Gasteiger charge is 2.24. The quantitative estimate of drug-likeness (QED) is 0.666. The zero-order valence-corrected chi connectivity index (χ0v) is 17.5. The maximum absolute atomic E-state index is 12.9. The van der Waals surface area contributed by atoms with Crippen LogP contribution in [0.3, 0.4) is 0 Å². The number of aromatic nitrogens is 2. The van der Waals surface area contributed by atoms with Gasteiger partial charge >= 0.3 is 0 Å². The smallest absolute Gasteiger partial charge is 0.276 e. The van der Waals surface area contributed by atoms with Crippen molar-refractivity contribution in [1.29, 1.82) is 0 Å². The summed E-state index contributed by atoms with van der Waals surface area (Å²) in [7, 11) is 0. The number of para-hydroxylation sites is 1. The lowest BCUT2D eigenvalue weighted by Gasteiger charge is -2.32. The van der Waals surface area contributed by atoms with Gasteiger partial charge in [-0.1, -0.05) is 24.3 Å². The summed E-state index contributed by atoms with van der Waals surface area (Å²) in [5.41, 5.74) is 3.10. The van der Waals surface area contributed by atoms with Crippen molar-refractivity contribution in [2.24, 2.45) is 5.92 Å². The molecule has 2 aromatic carbocycles. The number of aryl methyl sites for hydroxylation is 1. The minimum absolute atomic E-state index is 0.0848. The lowest BCUT2D eigenvalue weighted by Crippen LogP contribution is -2.40. The average Bonchev–Trinajstić information content (AvgIpc) is 3.21. The molecule has 1 unspecified atom stereocenters. The monoisotopic (exact) mass is 418 g/mol. The van der Waals surface area contributed by atoms with Gasteiger partial charge in [-0.05, 0) is 62.1 Å². The number of anilines is 1. The molecule has 0 bridgehead atoms. The van der Waals surface area contributed by atoms with Crippen LogP contribution in [0.25, 0.3) is 5.69 Å². The Labute approximate surface area is 181 Å². The fraction of sp³-hybridized carbons (Fsp3) is 0.292. The van der Waals surface area contributed by atoms with E-state index in [1.54, 1.807) is 39.9 Å². The van der Waals surface area contributed by atoms with Gasteiger partial charge < -0.3 is 15.3 Å². The van der Waals surface area contributed by atoms with Crippen molar-refractivity contribution in [2.45, 2.75) is 19.8 Å². The topological polar surface area (TPSA) is 87.5 Å². The van der Waals surface area contributed by atoms with Crippen LogP contribution in [0.15, 0.2) is 60.7 Å². The second kappa shape index (κ2) is 9.14. The molecule has 1 aromatic heterocycles. The minimum Gasteiger partial charge on any atom is -0.396 e. The van der Waals surface area contributed by atoms with Gasteiger partial charge in [0.05, 0.1) is 5.69 Å². The molecule has 3 aromatic rings. The number of rotatable bonds is 5. The first-order chi connectivity index (χ1) is 15.0. The lowest BCUT2D eigenvalue weighted by molar-refractivity contribution is 0.0620. The van der Waals surface area contributed by atoms with E-state index in [4.69, 9.17) is 0 Å². The maximum atomic E-state index is 12.9. The molecule has 2 N–H and O–H groups in total. The highest BCUT2D eigenvalue weighted by molar-refractivity contribution is 6.04. The molecule has 0 aliphatic carbocycles. The number of carbonyl (C=O) groups is 2. The van der Waals surface area contributed by atoms with Gasteiger partial charge in [-0.2, -0.15) is 5.10 Å². The van der Waals surface area contributed by atoms with Crippen molar-refractivity contribution in [3.63, 3.8) is 0 Å².